The van der Waals surface area contributed by atoms with Crippen molar-refractivity contribution < 1.29 is 8.42 Å². The highest BCUT2D eigenvalue weighted by molar-refractivity contribution is 7.92. The minimum atomic E-state index is -2.93. The molecule has 0 amide bonds. The number of hydrogen-bond acceptors (Lipinski definition) is 2. The Hall–Kier alpha value is -0.830. The Morgan fingerprint density at radius 1 is 0.727 bits per heavy atom. The van der Waals surface area contributed by atoms with Crippen molar-refractivity contribution in [2.24, 2.45) is 11.8 Å². The van der Waals surface area contributed by atoms with E-state index in [2.05, 4.69) is 30.3 Å². The van der Waals surface area contributed by atoms with E-state index in [1.54, 1.807) is 0 Å². The smallest absolute Gasteiger partial charge is 0.156 e. The molecule has 4 rings (SSSR count). The zero-order valence-corrected chi connectivity index (χ0v) is 14.0. The third-order valence-electron chi connectivity index (χ3n) is 6.46. The predicted molar refractivity (Wildman–Crippen MR) is 89.6 cm³/mol. The maximum Gasteiger partial charge on any atom is 0.156 e. The molecule has 1 aromatic rings. The summed E-state index contributed by atoms with van der Waals surface area (Å²) < 4.78 is 26.3. The predicted octanol–water partition coefficient (Wildman–Crippen LogP) is 4.32. The normalized spacial score (nSPS) is 40.5. The molecule has 3 fully saturated rings. The summed E-state index contributed by atoms with van der Waals surface area (Å²) in [5.41, 5.74) is 1.39. The van der Waals surface area contributed by atoms with Crippen molar-refractivity contribution in [3.8, 4) is 0 Å². The van der Waals surface area contributed by atoms with Crippen LogP contribution in [-0.4, -0.2) is 18.9 Å². The molecule has 120 valence electrons. The summed E-state index contributed by atoms with van der Waals surface area (Å²) in [5.74, 6) is 1.20. The van der Waals surface area contributed by atoms with Gasteiger partial charge in [0.25, 0.3) is 0 Å². The molecule has 0 N–H and O–H groups in total. The van der Waals surface area contributed by atoms with E-state index in [1.807, 2.05) is 0 Å². The first kappa shape index (κ1) is 14.7. The van der Waals surface area contributed by atoms with Crippen molar-refractivity contribution in [2.75, 3.05) is 0 Å². The zero-order chi connectivity index (χ0) is 15.2. The van der Waals surface area contributed by atoms with Crippen molar-refractivity contribution in [1.29, 1.82) is 0 Å². The van der Waals surface area contributed by atoms with E-state index < -0.39 is 9.84 Å². The van der Waals surface area contributed by atoms with E-state index in [4.69, 9.17) is 0 Å². The average Bonchev–Trinajstić information content (AvgIpc) is 2.56. The average molecular weight is 318 g/mol. The second kappa shape index (κ2) is 5.67. The van der Waals surface area contributed by atoms with Gasteiger partial charge in [0.1, 0.15) is 0 Å². The van der Waals surface area contributed by atoms with Gasteiger partial charge in [-0.2, -0.15) is 0 Å². The molecule has 1 aromatic carbocycles. The van der Waals surface area contributed by atoms with Gasteiger partial charge in [-0.15, -0.1) is 0 Å². The number of benzene rings is 1. The highest BCUT2D eigenvalue weighted by Gasteiger charge is 2.54. The van der Waals surface area contributed by atoms with Gasteiger partial charge in [0.15, 0.2) is 9.84 Å². The van der Waals surface area contributed by atoms with E-state index in [0.717, 1.165) is 38.5 Å². The molecule has 0 bridgehead atoms. The highest BCUT2D eigenvalue weighted by atomic mass is 32.2. The van der Waals surface area contributed by atoms with Gasteiger partial charge in [-0.05, 0) is 49.0 Å². The second-order valence-electron chi connectivity index (χ2n) is 7.50. The van der Waals surface area contributed by atoms with Gasteiger partial charge in [-0.25, -0.2) is 8.42 Å². The van der Waals surface area contributed by atoms with Crippen LogP contribution in [0.1, 0.15) is 62.8 Å². The quantitative estimate of drug-likeness (QED) is 0.773. The molecule has 0 radical (unpaired) electrons. The second-order valence-corrected chi connectivity index (χ2v) is 9.89. The third-order valence-corrected chi connectivity index (χ3v) is 9.32. The molecule has 2 saturated carbocycles. The Labute approximate surface area is 134 Å². The maximum atomic E-state index is 13.2. The minimum Gasteiger partial charge on any atom is -0.228 e. The van der Waals surface area contributed by atoms with Crippen LogP contribution in [0.3, 0.4) is 0 Å². The Balaban J connectivity index is 1.80. The molecule has 2 aliphatic carbocycles. The molecule has 3 heteroatoms. The van der Waals surface area contributed by atoms with Crippen LogP contribution in [0, 0.1) is 11.8 Å². The third kappa shape index (κ3) is 2.24. The number of sulfone groups is 1. The topological polar surface area (TPSA) is 34.1 Å². The van der Waals surface area contributed by atoms with E-state index in [1.165, 1.54) is 18.4 Å². The molecule has 4 atom stereocenters. The lowest BCUT2D eigenvalue weighted by Crippen LogP contribution is -2.53. The van der Waals surface area contributed by atoms with Crippen LogP contribution in [-0.2, 0) is 9.84 Å². The lowest BCUT2D eigenvalue weighted by Gasteiger charge is -2.51. The van der Waals surface area contributed by atoms with Crippen molar-refractivity contribution in [2.45, 2.75) is 67.8 Å². The molecule has 22 heavy (non-hydrogen) atoms. The molecule has 4 unspecified atom stereocenters. The maximum absolute atomic E-state index is 13.2. The van der Waals surface area contributed by atoms with Gasteiger partial charge < -0.3 is 0 Å². The molecule has 0 spiro atoms. The Morgan fingerprint density at radius 2 is 1.23 bits per heavy atom. The summed E-state index contributed by atoms with van der Waals surface area (Å²) >= 11 is 0. The van der Waals surface area contributed by atoms with Crippen molar-refractivity contribution in [3.63, 3.8) is 0 Å². The first-order valence-corrected chi connectivity index (χ1v) is 10.6. The summed E-state index contributed by atoms with van der Waals surface area (Å²) in [6.45, 7) is 0. The standard InChI is InChI=1S/C19H26O2S/c20-22(21)17-12-6-4-10-15(17)19(14-8-2-1-3-9-14)16-11-5-7-13-18(16)22/h1-3,8-9,15-19H,4-7,10-13H2. The molecular formula is C19H26O2S. The van der Waals surface area contributed by atoms with Crippen molar-refractivity contribution >= 4 is 9.84 Å². The zero-order valence-electron chi connectivity index (χ0n) is 13.2. The summed E-state index contributed by atoms with van der Waals surface area (Å²) in [7, 11) is -2.93. The van der Waals surface area contributed by atoms with Crippen molar-refractivity contribution in [1.82, 2.24) is 0 Å². The van der Waals surface area contributed by atoms with E-state index in [-0.39, 0.29) is 10.5 Å². The molecule has 0 aromatic heterocycles. The van der Waals surface area contributed by atoms with Gasteiger partial charge in [0, 0.05) is 0 Å². The van der Waals surface area contributed by atoms with Gasteiger partial charge >= 0.3 is 0 Å². The molecule has 1 saturated heterocycles. The van der Waals surface area contributed by atoms with Crippen LogP contribution >= 0.6 is 0 Å². The van der Waals surface area contributed by atoms with E-state index >= 15 is 0 Å². The van der Waals surface area contributed by atoms with Gasteiger partial charge in [0.2, 0.25) is 0 Å². The molecule has 1 heterocycles. The molecule has 1 aliphatic heterocycles. The number of hydrogen-bond donors (Lipinski definition) is 0. The van der Waals surface area contributed by atoms with Crippen LogP contribution in [0.5, 0.6) is 0 Å². The monoisotopic (exact) mass is 318 g/mol. The van der Waals surface area contributed by atoms with Crippen molar-refractivity contribution in [3.05, 3.63) is 35.9 Å². The van der Waals surface area contributed by atoms with Crippen LogP contribution in [0.2, 0.25) is 0 Å². The Morgan fingerprint density at radius 3 is 1.77 bits per heavy atom. The fourth-order valence-electron chi connectivity index (χ4n) is 5.60. The highest BCUT2D eigenvalue weighted by Crippen LogP contribution is 2.54. The lowest BCUT2D eigenvalue weighted by molar-refractivity contribution is 0.183. The minimum absolute atomic E-state index is 0.0641. The number of fused-ring (bicyclic) bond motifs is 2. The van der Waals surface area contributed by atoms with E-state index in [9.17, 15) is 8.42 Å². The largest absolute Gasteiger partial charge is 0.228 e. The van der Waals surface area contributed by atoms with Gasteiger partial charge in [-0.3, -0.25) is 0 Å². The summed E-state index contributed by atoms with van der Waals surface area (Å²) in [4.78, 5) is 0. The molecular weight excluding hydrogens is 292 g/mol. The number of rotatable bonds is 1. The Bertz CT molecular complexity index is 592. The SMILES string of the molecule is O=S1(=O)C2CCCCC2C(c2ccccc2)C2CCCCC21. The van der Waals surface area contributed by atoms with Crippen LogP contribution in [0.25, 0.3) is 0 Å². The summed E-state index contributed by atoms with van der Waals surface area (Å²) in [6, 6.07) is 10.8. The molecule has 2 nitrogen and oxygen atoms in total. The lowest BCUT2D eigenvalue weighted by atomic mass is 9.66. The fraction of sp³-hybridized carbons (Fsp3) is 0.684. The van der Waals surface area contributed by atoms with Crippen LogP contribution in [0.4, 0.5) is 0 Å². The summed E-state index contributed by atoms with van der Waals surface area (Å²) in [5, 5.41) is -0.128. The van der Waals surface area contributed by atoms with Gasteiger partial charge in [0.05, 0.1) is 10.5 Å². The van der Waals surface area contributed by atoms with Gasteiger partial charge in [-0.1, -0.05) is 56.0 Å². The first-order chi connectivity index (χ1) is 10.7. The summed E-state index contributed by atoms with van der Waals surface area (Å²) in [6.07, 6.45) is 8.62. The molecule has 3 aliphatic rings. The van der Waals surface area contributed by atoms with Crippen LogP contribution < -0.4 is 0 Å². The fourth-order valence-corrected chi connectivity index (χ4v) is 8.62. The van der Waals surface area contributed by atoms with E-state index in [0.29, 0.717) is 17.8 Å². The Kier molecular flexibility index (Phi) is 3.80. The van der Waals surface area contributed by atoms with Crippen LogP contribution in [0.15, 0.2) is 30.3 Å². The first-order valence-electron chi connectivity index (χ1n) is 8.97.